The molecule has 0 spiro atoms. The van der Waals surface area contributed by atoms with Crippen molar-refractivity contribution in [3.05, 3.63) is 41.0 Å². The molecular weight excluding hydrogens is 258 g/mol. The van der Waals surface area contributed by atoms with Crippen LogP contribution in [0.15, 0.2) is 30.5 Å². The van der Waals surface area contributed by atoms with Crippen molar-refractivity contribution in [2.24, 2.45) is 0 Å². The number of rotatable bonds is 4. The highest BCUT2D eigenvalue weighted by Gasteiger charge is 2.20. The van der Waals surface area contributed by atoms with Crippen molar-refractivity contribution in [3.8, 4) is 6.07 Å². The first-order chi connectivity index (χ1) is 9.22. The second kappa shape index (κ2) is 6.01. The molecule has 2 aromatic rings. The fraction of sp³-hybridized carbons (Fsp3) is 0.333. The molecule has 1 unspecified atom stereocenters. The second-order valence-electron chi connectivity index (χ2n) is 4.29. The molecule has 0 N–H and O–H groups in total. The van der Waals surface area contributed by atoms with Crippen LogP contribution in [-0.4, -0.2) is 23.0 Å². The maximum Gasteiger partial charge on any atom is 0.125 e. The zero-order valence-electron chi connectivity index (χ0n) is 11.1. The predicted molar refractivity (Wildman–Crippen MR) is 78.0 cm³/mol. The fourth-order valence-corrected chi connectivity index (χ4v) is 2.53. The normalized spacial score (nSPS) is 12.6. The topological polar surface area (TPSA) is 39.9 Å². The Morgan fingerprint density at radius 1 is 1.32 bits per heavy atom. The van der Waals surface area contributed by atoms with Gasteiger partial charge in [-0.1, -0.05) is 31.5 Å². The van der Waals surface area contributed by atoms with Crippen LogP contribution >= 0.6 is 11.6 Å². The van der Waals surface area contributed by atoms with E-state index in [1.165, 1.54) is 0 Å². The van der Waals surface area contributed by atoms with Crippen LogP contribution in [0, 0.1) is 11.3 Å². The van der Waals surface area contributed by atoms with Crippen molar-refractivity contribution in [2.75, 3.05) is 13.1 Å². The number of nitriles is 1. The van der Waals surface area contributed by atoms with E-state index in [-0.39, 0.29) is 6.04 Å². The first-order valence-corrected chi connectivity index (χ1v) is 6.77. The molecule has 0 aliphatic carbocycles. The monoisotopic (exact) mass is 273 g/mol. The minimum atomic E-state index is -0.287. The van der Waals surface area contributed by atoms with Gasteiger partial charge >= 0.3 is 0 Å². The quantitative estimate of drug-likeness (QED) is 0.851. The molecule has 0 amide bonds. The van der Waals surface area contributed by atoms with Crippen molar-refractivity contribution >= 4 is 22.5 Å². The Morgan fingerprint density at radius 2 is 2.05 bits per heavy atom. The molecule has 98 valence electrons. The first-order valence-electron chi connectivity index (χ1n) is 6.39. The standard InChI is InChI=1S/C15H16ClN3/c1-3-19(4-2)14(10-17)12-7-8-13(16)11-6-5-9-18-15(11)12/h5-9,14H,3-4H2,1-2H3. The maximum absolute atomic E-state index is 9.49. The Hall–Kier alpha value is -1.63. The molecular formula is C15H16ClN3. The third-order valence-corrected chi connectivity index (χ3v) is 3.67. The number of aromatic nitrogens is 1. The summed E-state index contributed by atoms with van der Waals surface area (Å²) in [6.07, 6.45) is 1.73. The van der Waals surface area contributed by atoms with Crippen LogP contribution in [0.5, 0.6) is 0 Å². The third-order valence-electron chi connectivity index (χ3n) is 3.34. The van der Waals surface area contributed by atoms with Gasteiger partial charge in [-0.05, 0) is 31.3 Å². The predicted octanol–water partition coefficient (Wildman–Crippen LogP) is 3.79. The zero-order chi connectivity index (χ0) is 13.8. The van der Waals surface area contributed by atoms with Crippen molar-refractivity contribution in [1.29, 1.82) is 5.26 Å². The van der Waals surface area contributed by atoms with E-state index in [2.05, 4.69) is 29.8 Å². The SMILES string of the molecule is CCN(CC)C(C#N)c1ccc(Cl)c2cccnc12. The summed E-state index contributed by atoms with van der Waals surface area (Å²) in [5.74, 6) is 0. The van der Waals surface area contributed by atoms with Gasteiger partial charge in [0.05, 0.1) is 11.6 Å². The summed E-state index contributed by atoms with van der Waals surface area (Å²) in [5.41, 5.74) is 1.74. The number of hydrogen-bond donors (Lipinski definition) is 0. The van der Waals surface area contributed by atoms with Gasteiger partial charge in [-0.3, -0.25) is 9.88 Å². The summed E-state index contributed by atoms with van der Waals surface area (Å²) in [4.78, 5) is 6.51. The first kappa shape index (κ1) is 13.8. The molecule has 19 heavy (non-hydrogen) atoms. The summed E-state index contributed by atoms with van der Waals surface area (Å²) in [6.45, 7) is 5.76. The minimum absolute atomic E-state index is 0.287. The molecule has 4 heteroatoms. The number of hydrogen-bond acceptors (Lipinski definition) is 3. The maximum atomic E-state index is 9.49. The van der Waals surface area contributed by atoms with E-state index in [1.807, 2.05) is 24.3 Å². The number of pyridine rings is 1. The highest BCUT2D eigenvalue weighted by atomic mass is 35.5. The summed E-state index contributed by atoms with van der Waals surface area (Å²) < 4.78 is 0. The van der Waals surface area contributed by atoms with Crippen LogP contribution in [-0.2, 0) is 0 Å². The lowest BCUT2D eigenvalue weighted by atomic mass is 10.0. The third kappa shape index (κ3) is 2.56. The van der Waals surface area contributed by atoms with E-state index in [9.17, 15) is 5.26 Å². The largest absolute Gasteiger partial charge is 0.285 e. The molecule has 1 aromatic heterocycles. The average Bonchev–Trinajstić information content (AvgIpc) is 2.46. The highest BCUT2D eigenvalue weighted by molar-refractivity contribution is 6.35. The van der Waals surface area contributed by atoms with Gasteiger partial charge in [0, 0.05) is 22.2 Å². The van der Waals surface area contributed by atoms with Crippen LogP contribution in [0.1, 0.15) is 25.5 Å². The Morgan fingerprint density at radius 3 is 2.68 bits per heavy atom. The van der Waals surface area contributed by atoms with E-state index in [4.69, 9.17) is 11.6 Å². The Bertz CT molecular complexity index is 614. The molecule has 0 saturated heterocycles. The van der Waals surface area contributed by atoms with Gasteiger partial charge in [-0.2, -0.15) is 5.26 Å². The Balaban J connectivity index is 2.62. The molecule has 0 radical (unpaired) electrons. The van der Waals surface area contributed by atoms with Gasteiger partial charge in [-0.25, -0.2) is 0 Å². The van der Waals surface area contributed by atoms with Gasteiger partial charge in [0.2, 0.25) is 0 Å². The lowest BCUT2D eigenvalue weighted by molar-refractivity contribution is 0.263. The van der Waals surface area contributed by atoms with Crippen LogP contribution < -0.4 is 0 Å². The zero-order valence-corrected chi connectivity index (χ0v) is 11.9. The molecule has 1 atom stereocenters. The van der Waals surface area contributed by atoms with Crippen LogP contribution in [0.4, 0.5) is 0 Å². The summed E-state index contributed by atoms with van der Waals surface area (Å²) in [5, 5.41) is 11.1. The summed E-state index contributed by atoms with van der Waals surface area (Å²) in [7, 11) is 0. The molecule has 2 rings (SSSR count). The number of benzene rings is 1. The van der Waals surface area contributed by atoms with Crippen molar-refractivity contribution in [3.63, 3.8) is 0 Å². The van der Waals surface area contributed by atoms with Crippen molar-refractivity contribution in [2.45, 2.75) is 19.9 Å². The van der Waals surface area contributed by atoms with Crippen LogP contribution in [0.2, 0.25) is 5.02 Å². The average molecular weight is 274 g/mol. The number of halogens is 1. The number of fused-ring (bicyclic) bond motifs is 1. The molecule has 1 aromatic carbocycles. The van der Waals surface area contributed by atoms with Gasteiger partial charge < -0.3 is 0 Å². The Kier molecular flexibility index (Phi) is 4.36. The minimum Gasteiger partial charge on any atom is -0.285 e. The van der Waals surface area contributed by atoms with Gasteiger partial charge in [-0.15, -0.1) is 0 Å². The van der Waals surface area contributed by atoms with E-state index in [0.29, 0.717) is 5.02 Å². The molecule has 0 fully saturated rings. The van der Waals surface area contributed by atoms with Crippen molar-refractivity contribution in [1.82, 2.24) is 9.88 Å². The smallest absolute Gasteiger partial charge is 0.125 e. The van der Waals surface area contributed by atoms with E-state index in [0.717, 1.165) is 29.6 Å². The summed E-state index contributed by atoms with van der Waals surface area (Å²) in [6, 6.07) is 9.63. The van der Waals surface area contributed by atoms with Crippen LogP contribution in [0.25, 0.3) is 10.9 Å². The Labute approximate surface area is 118 Å². The van der Waals surface area contributed by atoms with Crippen molar-refractivity contribution < 1.29 is 0 Å². The second-order valence-corrected chi connectivity index (χ2v) is 4.70. The van der Waals surface area contributed by atoms with E-state index >= 15 is 0 Å². The van der Waals surface area contributed by atoms with Gasteiger partial charge in [0.25, 0.3) is 0 Å². The molecule has 3 nitrogen and oxygen atoms in total. The molecule has 0 bridgehead atoms. The molecule has 0 aliphatic heterocycles. The fourth-order valence-electron chi connectivity index (χ4n) is 2.32. The van der Waals surface area contributed by atoms with Crippen LogP contribution in [0.3, 0.4) is 0 Å². The number of nitrogens with zero attached hydrogens (tertiary/aromatic N) is 3. The molecule has 0 aliphatic rings. The van der Waals surface area contributed by atoms with E-state index in [1.54, 1.807) is 6.20 Å². The van der Waals surface area contributed by atoms with Gasteiger partial charge in [0.15, 0.2) is 0 Å². The lowest BCUT2D eigenvalue weighted by Gasteiger charge is -2.25. The molecule has 1 heterocycles. The molecule has 0 saturated carbocycles. The van der Waals surface area contributed by atoms with E-state index < -0.39 is 0 Å². The summed E-state index contributed by atoms with van der Waals surface area (Å²) >= 11 is 6.19. The lowest BCUT2D eigenvalue weighted by Crippen LogP contribution is -2.27. The highest BCUT2D eigenvalue weighted by Crippen LogP contribution is 2.30. The van der Waals surface area contributed by atoms with Gasteiger partial charge in [0.1, 0.15) is 6.04 Å².